The van der Waals surface area contributed by atoms with Crippen LogP contribution < -0.4 is 20.1 Å². The third-order valence-electron chi connectivity index (χ3n) is 3.75. The van der Waals surface area contributed by atoms with Crippen molar-refractivity contribution in [2.24, 2.45) is 4.99 Å². The van der Waals surface area contributed by atoms with E-state index in [1.54, 1.807) is 14.2 Å². The molecule has 1 aromatic carbocycles. The molecule has 1 aliphatic rings. The Bertz CT molecular complexity index is 591. The Morgan fingerprint density at radius 3 is 2.80 bits per heavy atom. The number of nitrogens with zero attached hydrogens (tertiary/aromatic N) is 1. The number of ether oxygens (including phenoxy) is 3. The van der Waals surface area contributed by atoms with E-state index < -0.39 is 0 Å². The lowest BCUT2D eigenvalue weighted by Crippen LogP contribution is -2.31. The Hall–Kier alpha value is -1.48. The van der Waals surface area contributed by atoms with Crippen LogP contribution in [-0.2, 0) is 4.74 Å². The van der Waals surface area contributed by atoms with Crippen molar-refractivity contribution in [2.75, 3.05) is 45.8 Å². The van der Waals surface area contributed by atoms with Gasteiger partial charge in [0.1, 0.15) is 0 Å². The highest BCUT2D eigenvalue weighted by Crippen LogP contribution is 2.30. The second kappa shape index (κ2) is 12.0. The number of halogens is 1. The number of aliphatic imine (C=N–C) groups is 1. The fraction of sp³-hybridized carbons (Fsp3) is 0.500. The lowest BCUT2D eigenvalue weighted by molar-refractivity contribution is 0.153. The van der Waals surface area contributed by atoms with Crippen LogP contribution in [0.4, 0.5) is 5.69 Å². The predicted octanol–water partition coefficient (Wildman–Crippen LogP) is 3.44. The van der Waals surface area contributed by atoms with Crippen molar-refractivity contribution in [3.63, 3.8) is 0 Å². The van der Waals surface area contributed by atoms with Crippen LogP contribution in [0.15, 0.2) is 34.8 Å². The van der Waals surface area contributed by atoms with Crippen molar-refractivity contribution >= 4 is 35.6 Å². The maximum absolute atomic E-state index is 5.53. The van der Waals surface area contributed by atoms with E-state index in [0.717, 1.165) is 50.0 Å². The van der Waals surface area contributed by atoms with Crippen LogP contribution in [0.3, 0.4) is 0 Å². The minimum atomic E-state index is 0. The number of hydrogen-bond donors (Lipinski definition) is 2. The molecule has 0 amide bonds. The van der Waals surface area contributed by atoms with Crippen LogP contribution in [0.25, 0.3) is 0 Å². The lowest BCUT2D eigenvalue weighted by Gasteiger charge is -2.16. The van der Waals surface area contributed by atoms with E-state index in [1.165, 1.54) is 5.57 Å². The average molecular weight is 461 g/mol. The zero-order valence-corrected chi connectivity index (χ0v) is 17.5. The third kappa shape index (κ3) is 7.11. The quantitative estimate of drug-likeness (QED) is 0.282. The second-order valence-electron chi connectivity index (χ2n) is 5.36. The summed E-state index contributed by atoms with van der Waals surface area (Å²) in [5, 5.41) is 6.60. The number of nitrogens with one attached hydrogen (secondary N) is 2. The van der Waals surface area contributed by atoms with Gasteiger partial charge in [-0.1, -0.05) is 11.6 Å². The van der Waals surface area contributed by atoms with Gasteiger partial charge in [0.15, 0.2) is 17.5 Å². The molecule has 7 heteroatoms. The Balaban J connectivity index is 0.00000312. The molecule has 1 aromatic rings. The smallest absolute Gasteiger partial charge is 0.195 e. The van der Waals surface area contributed by atoms with Gasteiger partial charge < -0.3 is 24.8 Å². The molecule has 1 heterocycles. The summed E-state index contributed by atoms with van der Waals surface area (Å²) in [6.45, 7) is 4.94. The molecule has 0 atom stereocenters. The number of hydrogen-bond acceptors (Lipinski definition) is 4. The predicted molar refractivity (Wildman–Crippen MR) is 113 cm³/mol. The summed E-state index contributed by atoms with van der Waals surface area (Å²) in [6.07, 6.45) is 4.18. The van der Waals surface area contributed by atoms with Crippen molar-refractivity contribution in [3.8, 4) is 11.5 Å². The molecule has 0 spiro atoms. The lowest BCUT2D eigenvalue weighted by atomic mass is 10.1. The highest BCUT2D eigenvalue weighted by molar-refractivity contribution is 14.0. The van der Waals surface area contributed by atoms with Crippen LogP contribution in [0.2, 0.25) is 0 Å². The molecule has 25 heavy (non-hydrogen) atoms. The van der Waals surface area contributed by atoms with E-state index in [0.29, 0.717) is 12.4 Å². The topological polar surface area (TPSA) is 64.1 Å². The molecule has 0 fully saturated rings. The molecular formula is C18H28IN3O3. The zero-order chi connectivity index (χ0) is 17.2. The van der Waals surface area contributed by atoms with E-state index in [1.807, 2.05) is 25.1 Å². The largest absolute Gasteiger partial charge is 0.493 e. The van der Waals surface area contributed by atoms with Crippen molar-refractivity contribution in [1.29, 1.82) is 0 Å². The molecule has 1 aliphatic heterocycles. The first-order valence-electron chi connectivity index (χ1n) is 8.31. The maximum Gasteiger partial charge on any atom is 0.195 e. The van der Waals surface area contributed by atoms with Crippen LogP contribution >= 0.6 is 24.0 Å². The van der Waals surface area contributed by atoms with Crippen LogP contribution in [0.1, 0.15) is 19.8 Å². The van der Waals surface area contributed by atoms with Gasteiger partial charge in [-0.05, 0) is 31.9 Å². The Kier molecular flexibility index (Phi) is 10.3. The second-order valence-corrected chi connectivity index (χ2v) is 5.36. The van der Waals surface area contributed by atoms with E-state index in [-0.39, 0.29) is 24.0 Å². The standard InChI is InChI=1S/C18H27N3O3.HI/c1-4-24-16-6-5-15(13-17(16)22-3)21-18(19-2)20-10-7-14-8-11-23-12-9-14;/h5-6,8,13H,4,7,9-12H2,1-3H3,(H2,19,20,21);1H. The molecule has 0 aliphatic carbocycles. The third-order valence-corrected chi connectivity index (χ3v) is 3.75. The van der Waals surface area contributed by atoms with Crippen molar-refractivity contribution in [2.45, 2.75) is 19.8 Å². The van der Waals surface area contributed by atoms with Gasteiger partial charge in [-0.2, -0.15) is 0 Å². The molecule has 140 valence electrons. The maximum atomic E-state index is 5.53. The van der Waals surface area contributed by atoms with Gasteiger partial charge >= 0.3 is 0 Å². The Morgan fingerprint density at radius 2 is 2.16 bits per heavy atom. The highest BCUT2D eigenvalue weighted by Gasteiger charge is 2.07. The molecule has 6 nitrogen and oxygen atoms in total. The summed E-state index contributed by atoms with van der Waals surface area (Å²) in [7, 11) is 3.39. The van der Waals surface area contributed by atoms with Crippen LogP contribution in [0, 0.1) is 0 Å². The first-order chi connectivity index (χ1) is 11.8. The van der Waals surface area contributed by atoms with Gasteiger partial charge in [0, 0.05) is 25.3 Å². The molecule has 2 N–H and O–H groups in total. The first-order valence-corrected chi connectivity index (χ1v) is 8.31. The summed E-state index contributed by atoms with van der Waals surface area (Å²) >= 11 is 0. The van der Waals surface area contributed by atoms with E-state index in [4.69, 9.17) is 14.2 Å². The summed E-state index contributed by atoms with van der Waals surface area (Å²) in [5.41, 5.74) is 2.33. The monoisotopic (exact) mass is 461 g/mol. The minimum absolute atomic E-state index is 0. The van der Waals surface area contributed by atoms with Crippen LogP contribution in [-0.4, -0.2) is 46.5 Å². The Labute approximate surface area is 167 Å². The van der Waals surface area contributed by atoms with Gasteiger partial charge in [-0.3, -0.25) is 4.99 Å². The summed E-state index contributed by atoms with van der Waals surface area (Å²) in [5.74, 6) is 2.17. The molecule has 0 saturated heterocycles. The molecule has 0 unspecified atom stereocenters. The molecule has 0 radical (unpaired) electrons. The van der Waals surface area contributed by atoms with Gasteiger partial charge in [0.2, 0.25) is 0 Å². The zero-order valence-electron chi connectivity index (χ0n) is 15.1. The fourth-order valence-electron chi connectivity index (χ4n) is 2.47. The van der Waals surface area contributed by atoms with Gasteiger partial charge in [0.05, 0.1) is 26.9 Å². The molecular weight excluding hydrogens is 433 g/mol. The average Bonchev–Trinajstić information content (AvgIpc) is 2.63. The molecule has 2 rings (SSSR count). The van der Waals surface area contributed by atoms with Gasteiger partial charge in [-0.15, -0.1) is 24.0 Å². The molecule has 0 bridgehead atoms. The first kappa shape index (κ1) is 21.6. The molecule has 0 aromatic heterocycles. The summed E-state index contributed by atoms with van der Waals surface area (Å²) < 4.78 is 16.2. The van der Waals surface area contributed by atoms with Crippen molar-refractivity contribution in [3.05, 3.63) is 29.8 Å². The van der Waals surface area contributed by atoms with Gasteiger partial charge in [-0.25, -0.2) is 0 Å². The van der Waals surface area contributed by atoms with Crippen LogP contribution in [0.5, 0.6) is 11.5 Å². The minimum Gasteiger partial charge on any atom is -0.493 e. The number of methoxy groups -OCH3 is 1. The normalized spacial score (nSPS) is 14.2. The SMILES string of the molecule is CCOc1ccc(NC(=NC)NCCC2=CCOCC2)cc1OC.I. The molecule has 0 saturated carbocycles. The van der Waals surface area contributed by atoms with Crippen molar-refractivity contribution in [1.82, 2.24) is 5.32 Å². The summed E-state index contributed by atoms with van der Waals surface area (Å²) in [4.78, 5) is 4.26. The highest BCUT2D eigenvalue weighted by atomic mass is 127. The Morgan fingerprint density at radius 1 is 1.32 bits per heavy atom. The number of rotatable bonds is 7. The van der Waals surface area contributed by atoms with Crippen molar-refractivity contribution < 1.29 is 14.2 Å². The fourth-order valence-corrected chi connectivity index (χ4v) is 2.47. The van der Waals surface area contributed by atoms with E-state index in [2.05, 4.69) is 21.7 Å². The number of benzene rings is 1. The summed E-state index contributed by atoms with van der Waals surface area (Å²) in [6, 6.07) is 5.74. The van der Waals surface area contributed by atoms with E-state index >= 15 is 0 Å². The van der Waals surface area contributed by atoms with Gasteiger partial charge in [0.25, 0.3) is 0 Å². The van der Waals surface area contributed by atoms with E-state index in [9.17, 15) is 0 Å². The number of guanidine groups is 1. The number of anilines is 1.